The number of amides is 1. The number of ether oxygens (including phenoxy) is 2. The van der Waals surface area contributed by atoms with Gasteiger partial charge in [0.1, 0.15) is 11.6 Å². The van der Waals surface area contributed by atoms with Gasteiger partial charge in [-0.3, -0.25) is 9.59 Å². The van der Waals surface area contributed by atoms with E-state index in [0.717, 1.165) is 10.0 Å². The molecule has 0 unspecified atom stereocenters. The number of rotatable bonds is 6. The van der Waals surface area contributed by atoms with E-state index in [4.69, 9.17) is 9.47 Å². The van der Waals surface area contributed by atoms with Crippen LogP contribution in [0, 0.1) is 0 Å². The molecular formula is C23H22Br2N4O4. The average Bonchev–Trinajstić information content (AvgIpc) is 2.83. The highest BCUT2D eigenvalue weighted by atomic mass is 79.9. The Kier molecular flexibility index (Phi) is 7.56. The Balaban J connectivity index is 1.51. The molecule has 33 heavy (non-hydrogen) atoms. The molecule has 1 aromatic heterocycles. The lowest BCUT2D eigenvalue weighted by molar-refractivity contribution is -0.137. The van der Waals surface area contributed by atoms with Gasteiger partial charge >= 0.3 is 0 Å². The van der Waals surface area contributed by atoms with Gasteiger partial charge in [-0.1, -0.05) is 22.9 Å². The quantitative estimate of drug-likeness (QED) is 0.418. The minimum Gasteiger partial charge on any atom is -0.483 e. The molecule has 10 heteroatoms. The number of nitrogens with zero attached hydrogens (tertiary/aromatic N) is 4. The Bertz CT molecular complexity index is 1270. The van der Waals surface area contributed by atoms with Gasteiger partial charge in [-0.2, -0.15) is 9.78 Å². The van der Waals surface area contributed by atoms with Gasteiger partial charge in [0.05, 0.1) is 34.8 Å². The number of hydrogen-bond donors (Lipinski definition) is 0. The molecule has 0 bridgehead atoms. The van der Waals surface area contributed by atoms with Gasteiger partial charge in [0.25, 0.3) is 11.5 Å². The summed E-state index contributed by atoms with van der Waals surface area (Å²) >= 11 is 6.89. The molecule has 0 saturated carbocycles. The molecule has 0 atom stereocenters. The summed E-state index contributed by atoms with van der Waals surface area (Å²) in [6, 6.07) is 10.8. The van der Waals surface area contributed by atoms with E-state index in [1.807, 2.05) is 31.2 Å². The van der Waals surface area contributed by atoms with Crippen LogP contribution >= 0.6 is 31.9 Å². The summed E-state index contributed by atoms with van der Waals surface area (Å²) in [6.45, 7) is 4.16. The molecule has 1 aliphatic rings. The van der Waals surface area contributed by atoms with Crippen LogP contribution in [0.5, 0.6) is 5.75 Å². The van der Waals surface area contributed by atoms with E-state index in [0.29, 0.717) is 59.7 Å². The van der Waals surface area contributed by atoms with E-state index < -0.39 is 0 Å². The normalized spacial score (nSPS) is 14.2. The van der Waals surface area contributed by atoms with Crippen LogP contribution in [0.1, 0.15) is 18.3 Å². The smallest absolute Gasteiger partial charge is 0.282 e. The lowest BCUT2D eigenvalue weighted by Crippen LogP contribution is -2.43. The maximum absolute atomic E-state index is 13.0. The second kappa shape index (κ2) is 10.6. The van der Waals surface area contributed by atoms with E-state index in [1.165, 1.54) is 4.68 Å². The Morgan fingerprint density at radius 2 is 2.00 bits per heavy atom. The number of benzene rings is 2. The van der Waals surface area contributed by atoms with Crippen molar-refractivity contribution in [2.45, 2.75) is 13.3 Å². The zero-order valence-electron chi connectivity index (χ0n) is 18.0. The topological polar surface area (TPSA) is 86.0 Å². The van der Waals surface area contributed by atoms with Gasteiger partial charge in [-0.25, -0.2) is 4.98 Å². The number of morpholine rings is 1. The van der Waals surface area contributed by atoms with Gasteiger partial charge in [0.2, 0.25) is 0 Å². The summed E-state index contributed by atoms with van der Waals surface area (Å²) in [7, 11) is 0. The van der Waals surface area contributed by atoms with Crippen molar-refractivity contribution in [3.63, 3.8) is 0 Å². The second-order valence-corrected chi connectivity index (χ2v) is 9.15. The number of halogens is 2. The van der Waals surface area contributed by atoms with Crippen molar-refractivity contribution in [2.24, 2.45) is 5.10 Å². The first-order valence-electron chi connectivity index (χ1n) is 10.5. The molecule has 8 nitrogen and oxygen atoms in total. The van der Waals surface area contributed by atoms with Crippen molar-refractivity contribution < 1.29 is 14.3 Å². The predicted molar refractivity (Wildman–Crippen MR) is 133 cm³/mol. The minimum atomic E-state index is -0.227. The van der Waals surface area contributed by atoms with Crippen molar-refractivity contribution >= 4 is 54.9 Å². The first kappa shape index (κ1) is 23.6. The van der Waals surface area contributed by atoms with Crippen LogP contribution in [-0.2, 0) is 16.0 Å². The van der Waals surface area contributed by atoms with Crippen LogP contribution in [-0.4, -0.2) is 59.6 Å². The van der Waals surface area contributed by atoms with Gasteiger partial charge in [0.15, 0.2) is 6.61 Å². The van der Waals surface area contributed by atoms with Crippen molar-refractivity contribution in [3.8, 4) is 5.75 Å². The molecule has 0 aliphatic carbocycles. The van der Waals surface area contributed by atoms with E-state index in [9.17, 15) is 9.59 Å². The number of aromatic nitrogens is 2. The Hall–Kier alpha value is -2.56. The van der Waals surface area contributed by atoms with Crippen LogP contribution in [0.2, 0.25) is 0 Å². The highest BCUT2D eigenvalue weighted by Gasteiger charge is 2.17. The summed E-state index contributed by atoms with van der Waals surface area (Å²) in [5.41, 5.74) is 1.18. The molecule has 172 valence electrons. The maximum atomic E-state index is 13.0. The fourth-order valence-corrected chi connectivity index (χ4v) is 4.30. The molecule has 4 rings (SSSR count). The number of hydrogen-bond acceptors (Lipinski definition) is 6. The van der Waals surface area contributed by atoms with Gasteiger partial charge in [0, 0.05) is 24.0 Å². The van der Waals surface area contributed by atoms with E-state index in [2.05, 4.69) is 41.9 Å². The van der Waals surface area contributed by atoms with Gasteiger partial charge < -0.3 is 14.4 Å². The average molecular weight is 578 g/mol. The highest BCUT2D eigenvalue weighted by molar-refractivity contribution is 9.10. The van der Waals surface area contributed by atoms with Gasteiger partial charge in [-0.05, 0) is 57.9 Å². The summed E-state index contributed by atoms with van der Waals surface area (Å²) in [5, 5.41) is 4.89. The molecule has 3 aromatic rings. The van der Waals surface area contributed by atoms with E-state index in [-0.39, 0.29) is 18.1 Å². The third kappa shape index (κ3) is 5.51. The van der Waals surface area contributed by atoms with Gasteiger partial charge in [-0.15, -0.1) is 0 Å². The number of aryl methyl sites for hydroxylation is 1. The maximum Gasteiger partial charge on any atom is 0.282 e. The monoisotopic (exact) mass is 576 g/mol. The number of carbonyl (C=O) groups is 1. The molecule has 1 amide bonds. The van der Waals surface area contributed by atoms with Crippen molar-refractivity contribution in [1.29, 1.82) is 0 Å². The van der Waals surface area contributed by atoms with Crippen LogP contribution in [0.4, 0.5) is 0 Å². The molecule has 2 aromatic carbocycles. The lowest BCUT2D eigenvalue weighted by Gasteiger charge is -2.26. The molecule has 0 radical (unpaired) electrons. The largest absolute Gasteiger partial charge is 0.483 e. The second-order valence-electron chi connectivity index (χ2n) is 7.38. The summed E-state index contributed by atoms with van der Waals surface area (Å²) in [4.78, 5) is 31.6. The summed E-state index contributed by atoms with van der Waals surface area (Å²) in [6.07, 6.45) is 2.16. The van der Waals surface area contributed by atoms with Crippen molar-refractivity contribution in [3.05, 3.63) is 67.1 Å². The molecular weight excluding hydrogens is 556 g/mol. The Morgan fingerprint density at radius 3 is 2.73 bits per heavy atom. The summed E-state index contributed by atoms with van der Waals surface area (Å²) < 4.78 is 13.8. The van der Waals surface area contributed by atoms with Crippen molar-refractivity contribution in [2.75, 3.05) is 32.9 Å². The zero-order chi connectivity index (χ0) is 23.4. The number of carbonyl (C=O) groups excluding carboxylic acids is 1. The number of fused-ring (bicyclic) bond motifs is 1. The first-order valence-corrected chi connectivity index (χ1v) is 12.1. The molecule has 0 spiro atoms. The molecule has 1 fully saturated rings. The third-order valence-corrected chi connectivity index (χ3v) is 6.30. The fraction of sp³-hybridized carbons (Fsp3) is 0.304. The van der Waals surface area contributed by atoms with Crippen LogP contribution < -0.4 is 10.3 Å². The molecule has 0 N–H and O–H groups in total. The Labute approximate surface area is 207 Å². The molecule has 2 heterocycles. The Morgan fingerprint density at radius 1 is 1.21 bits per heavy atom. The predicted octanol–water partition coefficient (Wildman–Crippen LogP) is 3.60. The van der Waals surface area contributed by atoms with Crippen LogP contribution in [0.25, 0.3) is 10.9 Å². The SMILES string of the molecule is CCc1nc2ccc(Br)cc2c(=O)n1N=Cc1ccc(OCC(=O)N2CCOCC2)c(Br)c1. The fourth-order valence-electron chi connectivity index (χ4n) is 3.43. The zero-order valence-corrected chi connectivity index (χ0v) is 21.1. The van der Waals surface area contributed by atoms with Crippen LogP contribution in [0.15, 0.2) is 55.2 Å². The highest BCUT2D eigenvalue weighted by Crippen LogP contribution is 2.25. The lowest BCUT2D eigenvalue weighted by atomic mass is 10.2. The van der Waals surface area contributed by atoms with E-state index >= 15 is 0 Å². The van der Waals surface area contributed by atoms with Crippen molar-refractivity contribution in [1.82, 2.24) is 14.6 Å². The first-order chi connectivity index (χ1) is 16.0. The third-order valence-electron chi connectivity index (χ3n) is 5.18. The molecule has 1 aliphatic heterocycles. The summed E-state index contributed by atoms with van der Waals surface area (Å²) in [5.74, 6) is 1.06. The van der Waals surface area contributed by atoms with E-state index in [1.54, 1.807) is 23.2 Å². The standard InChI is InChI=1S/C23H22Br2N4O4/c1-2-21-27-19-5-4-16(24)12-17(19)23(31)29(21)26-13-15-3-6-20(18(25)11-15)33-14-22(30)28-7-9-32-10-8-28/h3-6,11-13H,2,7-10,14H2,1H3. The van der Waals surface area contributed by atoms with Crippen LogP contribution in [0.3, 0.4) is 0 Å². The minimum absolute atomic E-state index is 0.0421. The molecule has 1 saturated heterocycles.